The van der Waals surface area contributed by atoms with Crippen LogP contribution in [-0.2, 0) is 9.59 Å². The van der Waals surface area contributed by atoms with Crippen LogP contribution in [0, 0.1) is 12.8 Å². The maximum Gasteiger partial charge on any atom is 0.321 e. The number of piperazine rings is 1. The number of hydrogen-bond donors (Lipinski definition) is 2. The zero-order valence-electron chi connectivity index (χ0n) is 20.4. The Hall–Kier alpha value is -2.61. The molecule has 186 valence electrons. The van der Waals surface area contributed by atoms with Gasteiger partial charge in [0.2, 0.25) is 11.8 Å². The Labute approximate surface area is 203 Å². The van der Waals surface area contributed by atoms with Crippen LogP contribution in [0.25, 0.3) is 0 Å². The van der Waals surface area contributed by atoms with E-state index >= 15 is 0 Å². The minimum absolute atomic E-state index is 0.0816. The number of aryl methyl sites for hydroxylation is 1. The largest absolute Gasteiger partial charge is 0.355 e. The summed E-state index contributed by atoms with van der Waals surface area (Å²) in [6.45, 7) is 6.84. The molecule has 4 rings (SSSR count). The molecule has 1 aromatic carbocycles. The van der Waals surface area contributed by atoms with E-state index < -0.39 is 0 Å². The maximum atomic E-state index is 13.2. The molecule has 0 radical (unpaired) electrons. The summed E-state index contributed by atoms with van der Waals surface area (Å²) in [5.41, 5.74) is 1.96. The van der Waals surface area contributed by atoms with Gasteiger partial charge in [0.05, 0.1) is 6.04 Å². The van der Waals surface area contributed by atoms with Gasteiger partial charge in [-0.15, -0.1) is 0 Å². The highest BCUT2D eigenvalue weighted by atomic mass is 16.2. The van der Waals surface area contributed by atoms with Crippen molar-refractivity contribution in [2.75, 3.05) is 51.1 Å². The fourth-order valence-electron chi connectivity index (χ4n) is 5.52. The van der Waals surface area contributed by atoms with Crippen LogP contribution in [0.1, 0.15) is 50.5 Å². The third kappa shape index (κ3) is 6.29. The van der Waals surface area contributed by atoms with Gasteiger partial charge < -0.3 is 20.4 Å². The van der Waals surface area contributed by atoms with Gasteiger partial charge in [-0.05, 0) is 50.7 Å². The standard InChI is InChI=1S/C26H39N5O3/c1-20-9-11-22(12-10-20)28-26(34)31-18-16-30(17-19-31)24(21-6-2-3-7-21)25(33)27-13-5-15-29-14-4-8-23(29)32/h9-12,21,24H,2-8,13-19H2,1H3,(H,27,33)(H,28,34)/t24-/m0/s1. The van der Waals surface area contributed by atoms with Gasteiger partial charge in [0, 0.05) is 57.9 Å². The van der Waals surface area contributed by atoms with Crippen molar-refractivity contribution in [2.45, 2.75) is 57.9 Å². The van der Waals surface area contributed by atoms with E-state index in [0.29, 0.717) is 45.1 Å². The first-order chi connectivity index (χ1) is 16.5. The molecule has 8 heteroatoms. The topological polar surface area (TPSA) is 85.0 Å². The summed E-state index contributed by atoms with van der Waals surface area (Å²) >= 11 is 0. The van der Waals surface area contributed by atoms with Gasteiger partial charge in [-0.3, -0.25) is 14.5 Å². The molecule has 0 unspecified atom stereocenters. The number of rotatable bonds is 8. The highest BCUT2D eigenvalue weighted by Crippen LogP contribution is 2.31. The van der Waals surface area contributed by atoms with Crippen LogP contribution < -0.4 is 10.6 Å². The predicted molar refractivity (Wildman–Crippen MR) is 133 cm³/mol. The number of carbonyl (C=O) groups is 3. The molecule has 1 saturated carbocycles. The molecule has 1 aliphatic carbocycles. The first kappa shape index (κ1) is 24.5. The van der Waals surface area contributed by atoms with E-state index in [1.54, 1.807) is 0 Å². The Morgan fingerprint density at radius 2 is 1.71 bits per heavy atom. The molecule has 0 spiro atoms. The Kier molecular flexibility index (Phi) is 8.43. The number of nitrogens with one attached hydrogen (secondary N) is 2. The van der Waals surface area contributed by atoms with Crippen molar-refractivity contribution in [3.63, 3.8) is 0 Å². The van der Waals surface area contributed by atoms with E-state index in [1.165, 1.54) is 12.8 Å². The van der Waals surface area contributed by atoms with Crippen LogP contribution >= 0.6 is 0 Å². The predicted octanol–water partition coefficient (Wildman–Crippen LogP) is 2.83. The van der Waals surface area contributed by atoms with Gasteiger partial charge in [-0.2, -0.15) is 0 Å². The van der Waals surface area contributed by atoms with Crippen LogP contribution in [0.5, 0.6) is 0 Å². The van der Waals surface area contributed by atoms with Gasteiger partial charge in [0.25, 0.3) is 0 Å². The zero-order valence-corrected chi connectivity index (χ0v) is 20.4. The average molecular weight is 470 g/mol. The molecule has 1 atom stereocenters. The zero-order chi connectivity index (χ0) is 23.9. The number of benzene rings is 1. The molecule has 8 nitrogen and oxygen atoms in total. The van der Waals surface area contributed by atoms with Gasteiger partial charge in [0.1, 0.15) is 0 Å². The first-order valence-electron chi connectivity index (χ1n) is 12.9. The highest BCUT2D eigenvalue weighted by Gasteiger charge is 2.37. The lowest BCUT2D eigenvalue weighted by Gasteiger charge is -2.40. The Morgan fingerprint density at radius 3 is 2.35 bits per heavy atom. The normalized spacial score (nSPS) is 20.6. The summed E-state index contributed by atoms with van der Waals surface area (Å²) in [5.74, 6) is 0.727. The van der Waals surface area contributed by atoms with Crippen molar-refractivity contribution < 1.29 is 14.4 Å². The molecule has 2 heterocycles. The van der Waals surface area contributed by atoms with Gasteiger partial charge >= 0.3 is 6.03 Å². The number of carbonyl (C=O) groups excluding carboxylic acids is 3. The molecule has 34 heavy (non-hydrogen) atoms. The summed E-state index contributed by atoms with van der Waals surface area (Å²) < 4.78 is 0. The summed E-state index contributed by atoms with van der Waals surface area (Å²) in [4.78, 5) is 43.8. The molecule has 0 bridgehead atoms. The van der Waals surface area contributed by atoms with E-state index in [1.807, 2.05) is 41.0 Å². The maximum absolute atomic E-state index is 13.2. The van der Waals surface area contributed by atoms with Crippen LogP contribution in [-0.4, -0.2) is 84.4 Å². The van der Waals surface area contributed by atoms with Crippen molar-refractivity contribution in [3.8, 4) is 0 Å². The molecule has 3 fully saturated rings. The highest BCUT2D eigenvalue weighted by molar-refractivity contribution is 5.89. The molecule has 0 aromatic heterocycles. The van der Waals surface area contributed by atoms with E-state index in [-0.39, 0.29) is 23.9 Å². The third-order valence-corrected chi connectivity index (χ3v) is 7.49. The Balaban J connectivity index is 1.26. The monoisotopic (exact) mass is 469 g/mol. The van der Waals surface area contributed by atoms with Gasteiger partial charge in [-0.25, -0.2) is 4.79 Å². The van der Waals surface area contributed by atoms with E-state index in [4.69, 9.17) is 0 Å². The first-order valence-corrected chi connectivity index (χ1v) is 12.9. The second-order valence-electron chi connectivity index (χ2n) is 9.94. The second kappa shape index (κ2) is 11.7. The summed E-state index contributed by atoms with van der Waals surface area (Å²) in [6, 6.07) is 7.61. The molecule has 2 saturated heterocycles. The molecule has 2 N–H and O–H groups in total. The van der Waals surface area contributed by atoms with Gasteiger partial charge in [0.15, 0.2) is 0 Å². The lowest BCUT2D eigenvalue weighted by Crippen LogP contribution is -2.58. The average Bonchev–Trinajstić information content (AvgIpc) is 3.51. The van der Waals surface area contributed by atoms with Crippen LogP contribution in [0.15, 0.2) is 24.3 Å². The third-order valence-electron chi connectivity index (χ3n) is 7.49. The van der Waals surface area contributed by atoms with Crippen molar-refractivity contribution in [2.24, 2.45) is 5.92 Å². The number of likely N-dealkylation sites (tertiary alicyclic amines) is 1. The minimum Gasteiger partial charge on any atom is -0.355 e. The van der Waals surface area contributed by atoms with E-state index in [9.17, 15) is 14.4 Å². The molecular weight excluding hydrogens is 430 g/mol. The van der Waals surface area contributed by atoms with Crippen molar-refractivity contribution in [1.29, 1.82) is 0 Å². The molecule has 3 aliphatic rings. The molecule has 1 aromatic rings. The van der Waals surface area contributed by atoms with E-state index in [2.05, 4.69) is 15.5 Å². The number of nitrogens with zero attached hydrogens (tertiary/aromatic N) is 3. The van der Waals surface area contributed by atoms with Crippen molar-refractivity contribution >= 4 is 23.5 Å². The lowest BCUT2D eigenvalue weighted by atomic mass is 9.95. The lowest BCUT2D eigenvalue weighted by molar-refractivity contribution is -0.129. The molecule has 4 amide bonds. The number of urea groups is 1. The SMILES string of the molecule is Cc1ccc(NC(=O)N2CCN([C@H](C(=O)NCCCN3CCCC3=O)C3CCCC3)CC2)cc1. The number of hydrogen-bond acceptors (Lipinski definition) is 4. The van der Waals surface area contributed by atoms with Crippen LogP contribution in [0.3, 0.4) is 0 Å². The second-order valence-corrected chi connectivity index (χ2v) is 9.94. The quantitative estimate of drug-likeness (QED) is 0.574. The fraction of sp³-hybridized carbons (Fsp3) is 0.654. The van der Waals surface area contributed by atoms with Crippen LogP contribution in [0.2, 0.25) is 0 Å². The van der Waals surface area contributed by atoms with E-state index in [0.717, 1.165) is 50.0 Å². The number of anilines is 1. The summed E-state index contributed by atoms with van der Waals surface area (Å²) in [6.07, 6.45) is 6.95. The van der Waals surface area contributed by atoms with Crippen molar-refractivity contribution in [1.82, 2.24) is 20.0 Å². The smallest absolute Gasteiger partial charge is 0.321 e. The van der Waals surface area contributed by atoms with Crippen LogP contribution in [0.4, 0.5) is 10.5 Å². The van der Waals surface area contributed by atoms with Gasteiger partial charge in [-0.1, -0.05) is 30.5 Å². The summed E-state index contributed by atoms with van der Waals surface area (Å²) in [7, 11) is 0. The Morgan fingerprint density at radius 1 is 1.00 bits per heavy atom. The fourth-order valence-corrected chi connectivity index (χ4v) is 5.52. The summed E-state index contributed by atoms with van der Waals surface area (Å²) in [5, 5.41) is 6.14. The Bertz CT molecular complexity index is 844. The minimum atomic E-state index is -0.127. The molecule has 2 aliphatic heterocycles. The molecular formula is C26H39N5O3. The number of amides is 4. The van der Waals surface area contributed by atoms with Crippen molar-refractivity contribution in [3.05, 3.63) is 29.8 Å².